The Kier molecular flexibility index (Phi) is 6.29. The van der Waals surface area contributed by atoms with Crippen molar-refractivity contribution in [2.75, 3.05) is 33.2 Å². The largest absolute Gasteiger partial charge is 0.336 e. The Hall–Kier alpha value is -4.23. The van der Waals surface area contributed by atoms with E-state index in [0.29, 0.717) is 19.6 Å². The summed E-state index contributed by atoms with van der Waals surface area (Å²) in [6.45, 7) is 5.68. The topological polar surface area (TPSA) is 46.3 Å². The Morgan fingerprint density at radius 2 is 1.66 bits per heavy atom. The predicted molar refractivity (Wildman–Crippen MR) is 148 cm³/mol. The average Bonchev–Trinajstić information content (AvgIpc) is 3.53. The van der Waals surface area contributed by atoms with Gasteiger partial charge in [0.25, 0.3) is 5.91 Å². The Labute approximate surface area is 221 Å². The Morgan fingerprint density at radius 1 is 0.921 bits per heavy atom. The standard InChI is InChI=1S/C31H30FN5O/c1-22-30(31(38)35-16-14-34(2)15-17-35)28(27-9-5-7-24-6-3-4-8-26(24)27)20-37(22)29-18-33-21-36(29)19-23-10-12-25(32)13-11-23/h3-13,18,20-21H,14-17,19H2,1-2H3. The number of rotatable bonds is 5. The van der Waals surface area contributed by atoms with Gasteiger partial charge < -0.3 is 18.9 Å². The van der Waals surface area contributed by atoms with Gasteiger partial charge >= 0.3 is 0 Å². The fraction of sp³-hybridized carbons (Fsp3) is 0.226. The summed E-state index contributed by atoms with van der Waals surface area (Å²) in [7, 11) is 2.09. The molecule has 1 amide bonds. The highest BCUT2D eigenvalue weighted by atomic mass is 19.1. The van der Waals surface area contributed by atoms with Gasteiger partial charge in [-0.15, -0.1) is 0 Å². The SMILES string of the molecule is Cc1c(C(=O)N2CCN(C)CC2)c(-c2cccc3ccccc23)cn1-c1cncn1Cc1ccc(F)cc1. The van der Waals surface area contributed by atoms with Crippen LogP contribution in [0.1, 0.15) is 21.6 Å². The molecule has 0 bridgehead atoms. The number of benzene rings is 3. The summed E-state index contributed by atoms with van der Waals surface area (Å²) < 4.78 is 17.6. The van der Waals surface area contributed by atoms with E-state index in [0.717, 1.165) is 57.6 Å². The molecule has 7 heteroatoms. The molecule has 1 fully saturated rings. The van der Waals surface area contributed by atoms with Crippen molar-refractivity contribution in [3.05, 3.63) is 108 Å². The van der Waals surface area contributed by atoms with Crippen molar-refractivity contribution in [3.63, 3.8) is 0 Å². The highest BCUT2D eigenvalue weighted by Gasteiger charge is 2.28. The molecule has 0 saturated carbocycles. The lowest BCUT2D eigenvalue weighted by atomic mass is 9.96. The van der Waals surface area contributed by atoms with E-state index in [1.165, 1.54) is 12.1 Å². The molecule has 0 atom stereocenters. The molecular weight excluding hydrogens is 477 g/mol. The van der Waals surface area contributed by atoms with Crippen LogP contribution in [0.3, 0.4) is 0 Å². The summed E-state index contributed by atoms with van der Waals surface area (Å²) in [6.07, 6.45) is 5.66. The third-order valence-electron chi connectivity index (χ3n) is 7.54. The number of hydrogen-bond acceptors (Lipinski definition) is 3. The predicted octanol–water partition coefficient (Wildman–Crippen LogP) is 5.38. The summed E-state index contributed by atoms with van der Waals surface area (Å²) in [5, 5.41) is 2.24. The molecule has 0 aliphatic carbocycles. The van der Waals surface area contributed by atoms with Gasteiger partial charge in [0.05, 0.1) is 24.6 Å². The molecule has 6 nitrogen and oxygen atoms in total. The summed E-state index contributed by atoms with van der Waals surface area (Å²) in [6, 6.07) is 21.0. The van der Waals surface area contributed by atoms with Crippen LogP contribution in [0.2, 0.25) is 0 Å². The fourth-order valence-corrected chi connectivity index (χ4v) is 5.37. The Bertz CT molecular complexity index is 1600. The van der Waals surface area contributed by atoms with Crippen molar-refractivity contribution in [2.45, 2.75) is 13.5 Å². The monoisotopic (exact) mass is 507 g/mol. The Morgan fingerprint density at radius 3 is 2.45 bits per heavy atom. The number of piperazine rings is 1. The number of halogens is 1. The second-order valence-corrected chi connectivity index (χ2v) is 10.0. The number of imidazole rings is 1. The van der Waals surface area contributed by atoms with E-state index < -0.39 is 0 Å². The first-order valence-corrected chi connectivity index (χ1v) is 12.9. The zero-order valence-electron chi connectivity index (χ0n) is 21.6. The molecule has 5 aromatic rings. The van der Waals surface area contributed by atoms with Crippen LogP contribution >= 0.6 is 0 Å². The van der Waals surface area contributed by atoms with Gasteiger partial charge in [0.1, 0.15) is 11.6 Å². The van der Waals surface area contributed by atoms with Gasteiger partial charge in [0.2, 0.25) is 0 Å². The van der Waals surface area contributed by atoms with Crippen LogP contribution in [0.25, 0.3) is 27.7 Å². The maximum atomic E-state index is 14.1. The molecule has 6 rings (SSSR count). The number of carbonyl (C=O) groups excluding carboxylic acids is 1. The third kappa shape index (κ3) is 4.39. The van der Waals surface area contributed by atoms with Crippen LogP contribution in [0.15, 0.2) is 85.5 Å². The number of hydrogen-bond donors (Lipinski definition) is 0. The molecule has 38 heavy (non-hydrogen) atoms. The average molecular weight is 508 g/mol. The molecular formula is C31H30FN5O. The third-order valence-corrected chi connectivity index (χ3v) is 7.54. The first-order chi connectivity index (χ1) is 18.5. The molecule has 1 saturated heterocycles. The van der Waals surface area contributed by atoms with Crippen LogP contribution in [-0.4, -0.2) is 63.1 Å². The van der Waals surface area contributed by atoms with Crippen LogP contribution in [0.5, 0.6) is 0 Å². The number of amides is 1. The highest BCUT2D eigenvalue weighted by molar-refractivity contribution is 6.07. The van der Waals surface area contributed by atoms with E-state index in [1.54, 1.807) is 18.5 Å². The molecule has 0 radical (unpaired) electrons. The molecule has 1 aliphatic rings. The van der Waals surface area contributed by atoms with E-state index in [9.17, 15) is 9.18 Å². The van der Waals surface area contributed by atoms with Gasteiger partial charge in [0.15, 0.2) is 0 Å². The van der Waals surface area contributed by atoms with Crippen molar-refractivity contribution in [1.29, 1.82) is 0 Å². The Balaban J connectivity index is 1.49. The number of nitrogens with zero attached hydrogens (tertiary/aromatic N) is 5. The van der Waals surface area contributed by atoms with E-state index in [-0.39, 0.29) is 11.7 Å². The lowest BCUT2D eigenvalue weighted by Crippen LogP contribution is -2.47. The second kappa shape index (κ2) is 9.91. The van der Waals surface area contributed by atoms with Crippen molar-refractivity contribution in [1.82, 2.24) is 23.9 Å². The molecule has 0 unspecified atom stereocenters. The zero-order valence-corrected chi connectivity index (χ0v) is 21.6. The lowest BCUT2D eigenvalue weighted by molar-refractivity contribution is 0.0664. The fourth-order valence-electron chi connectivity index (χ4n) is 5.37. The van der Waals surface area contributed by atoms with Crippen molar-refractivity contribution in [2.24, 2.45) is 0 Å². The summed E-state index contributed by atoms with van der Waals surface area (Å²) in [4.78, 5) is 22.7. The van der Waals surface area contributed by atoms with E-state index in [2.05, 4.69) is 52.0 Å². The van der Waals surface area contributed by atoms with Gasteiger partial charge in [-0.05, 0) is 48.0 Å². The van der Waals surface area contributed by atoms with Crippen molar-refractivity contribution < 1.29 is 9.18 Å². The minimum Gasteiger partial charge on any atom is -0.336 e. The molecule has 1 aliphatic heterocycles. The first kappa shape index (κ1) is 24.1. The van der Waals surface area contributed by atoms with Crippen LogP contribution in [0, 0.1) is 12.7 Å². The molecule has 192 valence electrons. The number of likely N-dealkylation sites (N-methyl/N-ethyl adjacent to an activating group) is 1. The van der Waals surface area contributed by atoms with Gasteiger partial charge in [-0.1, -0.05) is 54.6 Å². The maximum absolute atomic E-state index is 14.1. The smallest absolute Gasteiger partial charge is 0.256 e. The molecule has 0 N–H and O–H groups in total. The van der Waals surface area contributed by atoms with Crippen LogP contribution in [-0.2, 0) is 6.54 Å². The zero-order chi connectivity index (χ0) is 26.2. The maximum Gasteiger partial charge on any atom is 0.256 e. The van der Waals surface area contributed by atoms with E-state index >= 15 is 0 Å². The number of carbonyl (C=O) groups is 1. The molecule has 2 aromatic heterocycles. The van der Waals surface area contributed by atoms with Gasteiger partial charge in [-0.2, -0.15) is 0 Å². The van der Waals surface area contributed by atoms with Crippen molar-refractivity contribution in [3.8, 4) is 16.9 Å². The normalized spacial score (nSPS) is 14.3. The first-order valence-electron chi connectivity index (χ1n) is 12.9. The lowest BCUT2D eigenvalue weighted by Gasteiger charge is -2.32. The van der Waals surface area contributed by atoms with Gasteiger partial charge in [-0.25, -0.2) is 9.37 Å². The number of fused-ring (bicyclic) bond motifs is 1. The van der Waals surface area contributed by atoms with E-state index in [4.69, 9.17) is 0 Å². The summed E-state index contributed by atoms with van der Waals surface area (Å²) in [5.41, 5.74) is 4.52. The van der Waals surface area contributed by atoms with E-state index in [1.807, 2.05) is 40.8 Å². The van der Waals surface area contributed by atoms with Gasteiger partial charge in [-0.3, -0.25) is 4.79 Å². The number of aromatic nitrogens is 3. The summed E-state index contributed by atoms with van der Waals surface area (Å²) >= 11 is 0. The quantitative estimate of drug-likeness (QED) is 0.321. The van der Waals surface area contributed by atoms with Crippen LogP contribution < -0.4 is 0 Å². The van der Waals surface area contributed by atoms with Gasteiger partial charge in [0, 0.05) is 43.6 Å². The van der Waals surface area contributed by atoms with Crippen molar-refractivity contribution >= 4 is 16.7 Å². The highest BCUT2D eigenvalue weighted by Crippen LogP contribution is 2.36. The van der Waals surface area contributed by atoms with Crippen LogP contribution in [0.4, 0.5) is 4.39 Å². The minimum atomic E-state index is -0.257. The second-order valence-electron chi connectivity index (χ2n) is 10.0. The minimum absolute atomic E-state index is 0.0573. The molecule has 3 heterocycles. The summed E-state index contributed by atoms with van der Waals surface area (Å²) in [5.74, 6) is 0.653. The molecule has 3 aromatic carbocycles. The molecule has 0 spiro atoms.